The Balaban J connectivity index is 1.60. The van der Waals surface area contributed by atoms with Crippen molar-refractivity contribution in [2.24, 2.45) is 0 Å². The fourth-order valence-corrected chi connectivity index (χ4v) is 3.76. The van der Waals surface area contributed by atoms with E-state index in [9.17, 15) is 4.79 Å². The van der Waals surface area contributed by atoms with Crippen molar-refractivity contribution in [2.75, 3.05) is 43.5 Å². The summed E-state index contributed by atoms with van der Waals surface area (Å²) < 4.78 is 5.13. The molecule has 0 spiro atoms. The summed E-state index contributed by atoms with van der Waals surface area (Å²) >= 11 is 6.45. The van der Waals surface area contributed by atoms with E-state index in [-0.39, 0.29) is 6.03 Å². The van der Waals surface area contributed by atoms with Gasteiger partial charge in [0.25, 0.3) is 0 Å². The number of nitrogens with zero attached hydrogens (tertiary/aromatic N) is 2. The van der Waals surface area contributed by atoms with Gasteiger partial charge in [0.15, 0.2) is 0 Å². The largest absolute Gasteiger partial charge is 0.497 e. The number of halogens is 1. The van der Waals surface area contributed by atoms with Crippen molar-refractivity contribution in [3.63, 3.8) is 0 Å². The predicted octanol–water partition coefficient (Wildman–Crippen LogP) is 4.32. The minimum Gasteiger partial charge on any atom is -0.497 e. The van der Waals surface area contributed by atoms with Crippen molar-refractivity contribution in [1.29, 1.82) is 0 Å². The van der Waals surface area contributed by atoms with E-state index < -0.39 is 0 Å². The summed E-state index contributed by atoms with van der Waals surface area (Å²) in [6, 6.07) is 11.4. The number of ether oxygens (including phenoxy) is 1. The molecule has 5 nitrogen and oxygen atoms in total. The zero-order chi connectivity index (χ0) is 18.7. The van der Waals surface area contributed by atoms with Crippen molar-refractivity contribution in [2.45, 2.75) is 13.8 Å². The molecule has 2 aromatic carbocycles. The second-order valence-corrected chi connectivity index (χ2v) is 6.95. The van der Waals surface area contributed by atoms with Crippen molar-refractivity contribution in [3.05, 3.63) is 52.5 Å². The molecule has 3 rings (SSSR count). The first-order chi connectivity index (χ1) is 12.5. The van der Waals surface area contributed by atoms with E-state index in [2.05, 4.69) is 23.2 Å². The van der Waals surface area contributed by atoms with E-state index in [0.717, 1.165) is 40.8 Å². The molecule has 1 saturated heterocycles. The minimum absolute atomic E-state index is 0.0819. The molecule has 0 saturated carbocycles. The Hall–Kier alpha value is -2.40. The Morgan fingerprint density at radius 1 is 1.08 bits per heavy atom. The SMILES string of the molecule is COc1ccc(NC(=O)N2CCN(c3c(C)cc(C)cc3Cl)CC2)cc1. The minimum atomic E-state index is -0.0819. The van der Waals surface area contributed by atoms with Gasteiger partial charge in [0.1, 0.15) is 5.75 Å². The number of methoxy groups -OCH3 is 1. The van der Waals surface area contributed by atoms with Gasteiger partial charge in [-0.25, -0.2) is 4.79 Å². The number of rotatable bonds is 3. The number of anilines is 2. The summed E-state index contributed by atoms with van der Waals surface area (Å²) in [5.74, 6) is 0.766. The highest BCUT2D eigenvalue weighted by molar-refractivity contribution is 6.33. The van der Waals surface area contributed by atoms with Crippen LogP contribution in [0.15, 0.2) is 36.4 Å². The first-order valence-electron chi connectivity index (χ1n) is 8.69. The topological polar surface area (TPSA) is 44.8 Å². The second-order valence-electron chi connectivity index (χ2n) is 6.54. The van der Waals surface area contributed by atoms with E-state index in [4.69, 9.17) is 16.3 Å². The first kappa shape index (κ1) is 18.4. The summed E-state index contributed by atoms with van der Waals surface area (Å²) in [4.78, 5) is 16.6. The maximum atomic E-state index is 12.5. The van der Waals surface area contributed by atoms with Crippen LogP contribution in [0.5, 0.6) is 5.75 Å². The van der Waals surface area contributed by atoms with Crippen LogP contribution in [0.2, 0.25) is 5.02 Å². The number of amides is 2. The third-order valence-corrected chi connectivity index (χ3v) is 4.91. The molecule has 0 atom stereocenters. The molecule has 1 N–H and O–H groups in total. The number of piperazine rings is 1. The fourth-order valence-electron chi connectivity index (χ4n) is 3.32. The van der Waals surface area contributed by atoms with Gasteiger partial charge in [0.05, 0.1) is 17.8 Å². The van der Waals surface area contributed by atoms with Crippen molar-refractivity contribution < 1.29 is 9.53 Å². The summed E-state index contributed by atoms with van der Waals surface area (Å²) in [5.41, 5.74) is 4.17. The normalized spacial score (nSPS) is 14.3. The molecule has 0 unspecified atom stereocenters. The Kier molecular flexibility index (Phi) is 5.57. The molecule has 2 aromatic rings. The van der Waals surface area contributed by atoms with Crippen LogP contribution < -0.4 is 15.0 Å². The zero-order valence-electron chi connectivity index (χ0n) is 15.4. The van der Waals surface area contributed by atoms with Crippen LogP contribution in [0.3, 0.4) is 0 Å². The van der Waals surface area contributed by atoms with Gasteiger partial charge in [-0.2, -0.15) is 0 Å². The van der Waals surface area contributed by atoms with Gasteiger partial charge in [-0.15, -0.1) is 0 Å². The Bertz CT molecular complexity index is 761. The standard InChI is InChI=1S/C20H24ClN3O2/c1-14-12-15(2)19(18(21)13-14)23-8-10-24(11-9-23)20(25)22-16-4-6-17(26-3)7-5-16/h4-7,12-13H,8-11H2,1-3H3,(H,22,25). The lowest BCUT2D eigenvalue weighted by Gasteiger charge is -2.37. The number of hydrogen-bond donors (Lipinski definition) is 1. The molecule has 2 amide bonds. The van der Waals surface area contributed by atoms with E-state index in [1.807, 2.05) is 42.2 Å². The molecule has 1 heterocycles. The number of benzene rings is 2. The Morgan fingerprint density at radius 2 is 1.73 bits per heavy atom. The van der Waals surface area contributed by atoms with Crippen LogP contribution in [0.25, 0.3) is 0 Å². The van der Waals surface area contributed by atoms with Crippen LogP contribution in [-0.4, -0.2) is 44.2 Å². The second kappa shape index (κ2) is 7.87. The lowest BCUT2D eigenvalue weighted by molar-refractivity contribution is 0.208. The van der Waals surface area contributed by atoms with Crippen molar-refractivity contribution in [3.8, 4) is 5.75 Å². The van der Waals surface area contributed by atoms with Gasteiger partial charge in [-0.3, -0.25) is 0 Å². The summed E-state index contributed by atoms with van der Waals surface area (Å²) in [5, 5.41) is 3.71. The quantitative estimate of drug-likeness (QED) is 0.871. The van der Waals surface area contributed by atoms with E-state index in [1.165, 1.54) is 5.56 Å². The third-order valence-electron chi connectivity index (χ3n) is 4.62. The van der Waals surface area contributed by atoms with Crippen LogP contribution in [0, 0.1) is 13.8 Å². The van der Waals surface area contributed by atoms with Crippen LogP contribution in [0.4, 0.5) is 16.2 Å². The third kappa shape index (κ3) is 4.05. The van der Waals surface area contributed by atoms with Gasteiger partial charge in [0, 0.05) is 31.9 Å². The summed E-state index contributed by atoms with van der Waals surface area (Å²) in [6.45, 7) is 6.97. The summed E-state index contributed by atoms with van der Waals surface area (Å²) in [7, 11) is 1.62. The molecule has 0 aromatic heterocycles. The smallest absolute Gasteiger partial charge is 0.321 e. The molecule has 1 aliphatic rings. The van der Waals surface area contributed by atoms with E-state index in [1.54, 1.807) is 7.11 Å². The van der Waals surface area contributed by atoms with Gasteiger partial charge >= 0.3 is 6.03 Å². The van der Waals surface area contributed by atoms with Gasteiger partial charge < -0.3 is 19.9 Å². The highest BCUT2D eigenvalue weighted by Gasteiger charge is 2.23. The van der Waals surface area contributed by atoms with Crippen molar-refractivity contribution in [1.82, 2.24) is 4.90 Å². The molecule has 6 heteroatoms. The molecular formula is C20H24ClN3O2. The summed E-state index contributed by atoms with van der Waals surface area (Å²) in [6.07, 6.45) is 0. The van der Waals surface area contributed by atoms with Crippen molar-refractivity contribution >= 4 is 29.0 Å². The lowest BCUT2D eigenvalue weighted by atomic mass is 10.1. The molecule has 1 fully saturated rings. The fraction of sp³-hybridized carbons (Fsp3) is 0.350. The molecule has 0 radical (unpaired) electrons. The Labute approximate surface area is 159 Å². The van der Waals surface area contributed by atoms with Crippen LogP contribution in [0.1, 0.15) is 11.1 Å². The first-order valence-corrected chi connectivity index (χ1v) is 9.07. The predicted molar refractivity (Wildman–Crippen MR) is 107 cm³/mol. The van der Waals surface area contributed by atoms with Gasteiger partial charge in [-0.1, -0.05) is 17.7 Å². The molecule has 138 valence electrons. The maximum Gasteiger partial charge on any atom is 0.321 e. The average Bonchev–Trinajstić information content (AvgIpc) is 2.62. The molecular weight excluding hydrogens is 350 g/mol. The van der Waals surface area contributed by atoms with Crippen LogP contribution in [-0.2, 0) is 0 Å². The van der Waals surface area contributed by atoms with Crippen LogP contribution >= 0.6 is 11.6 Å². The zero-order valence-corrected chi connectivity index (χ0v) is 16.1. The monoisotopic (exact) mass is 373 g/mol. The molecule has 26 heavy (non-hydrogen) atoms. The Morgan fingerprint density at radius 3 is 2.31 bits per heavy atom. The number of carbonyl (C=O) groups is 1. The number of aryl methyl sites for hydroxylation is 2. The molecule has 0 bridgehead atoms. The average molecular weight is 374 g/mol. The number of hydrogen-bond acceptors (Lipinski definition) is 3. The highest BCUT2D eigenvalue weighted by atomic mass is 35.5. The van der Waals surface area contributed by atoms with Gasteiger partial charge in [-0.05, 0) is 55.3 Å². The number of carbonyl (C=O) groups excluding carboxylic acids is 1. The number of nitrogens with one attached hydrogen (secondary N) is 1. The van der Waals surface area contributed by atoms with E-state index >= 15 is 0 Å². The number of urea groups is 1. The highest BCUT2D eigenvalue weighted by Crippen LogP contribution is 2.31. The van der Waals surface area contributed by atoms with E-state index in [0.29, 0.717) is 13.1 Å². The lowest BCUT2D eigenvalue weighted by Crippen LogP contribution is -2.50. The molecule has 0 aliphatic carbocycles. The molecule has 1 aliphatic heterocycles. The maximum absolute atomic E-state index is 12.5. The van der Waals surface area contributed by atoms with Gasteiger partial charge in [0.2, 0.25) is 0 Å².